The fraction of sp³-hybridized carbons (Fsp3) is 0.889. The van der Waals surface area contributed by atoms with Gasteiger partial charge in [-0.15, -0.1) is 0 Å². The minimum atomic E-state index is -0.0567. The lowest BCUT2D eigenvalue weighted by atomic mass is 9.98. The summed E-state index contributed by atoms with van der Waals surface area (Å²) in [5, 5.41) is 0.707. The van der Waals surface area contributed by atoms with Crippen LogP contribution in [-0.4, -0.2) is 17.4 Å². The number of esters is 1. The van der Waals surface area contributed by atoms with Crippen LogP contribution in [0, 0.1) is 0 Å². The molecule has 0 spiro atoms. The lowest BCUT2D eigenvalue weighted by Crippen LogP contribution is -2.20. The van der Waals surface area contributed by atoms with Crippen LogP contribution in [0.1, 0.15) is 38.5 Å². The van der Waals surface area contributed by atoms with Crippen molar-refractivity contribution in [1.29, 1.82) is 0 Å². The minimum Gasteiger partial charge on any atom is -0.462 e. The van der Waals surface area contributed by atoms with Crippen molar-refractivity contribution in [1.82, 2.24) is 0 Å². The summed E-state index contributed by atoms with van der Waals surface area (Å²) in [6, 6.07) is 0. The first kappa shape index (κ1) is 10.0. The maximum atomic E-state index is 11.1. The van der Waals surface area contributed by atoms with Crippen molar-refractivity contribution >= 4 is 21.9 Å². The highest BCUT2D eigenvalue weighted by Gasteiger charge is 2.16. The van der Waals surface area contributed by atoms with Crippen molar-refractivity contribution in [2.24, 2.45) is 0 Å². The first-order valence-corrected chi connectivity index (χ1v) is 5.70. The molecule has 0 radical (unpaired) electrons. The van der Waals surface area contributed by atoms with Gasteiger partial charge in [-0.05, 0) is 25.7 Å². The fourth-order valence-corrected chi connectivity index (χ4v) is 1.83. The lowest BCUT2D eigenvalue weighted by molar-refractivity contribution is -0.149. The Morgan fingerprint density at radius 2 is 2.00 bits per heavy atom. The zero-order chi connectivity index (χ0) is 8.81. The summed E-state index contributed by atoms with van der Waals surface area (Å²) >= 11 is 3.21. The monoisotopic (exact) mass is 234 g/mol. The van der Waals surface area contributed by atoms with E-state index in [1.54, 1.807) is 0 Å². The van der Waals surface area contributed by atoms with Crippen LogP contribution in [0.4, 0.5) is 0 Å². The fourth-order valence-electron chi connectivity index (χ4n) is 1.50. The molecule has 0 N–H and O–H groups in total. The van der Waals surface area contributed by atoms with Gasteiger partial charge >= 0.3 is 5.97 Å². The lowest BCUT2D eigenvalue weighted by Gasteiger charge is -2.21. The third-order valence-corrected chi connectivity index (χ3v) is 2.55. The molecule has 0 aliphatic heterocycles. The van der Waals surface area contributed by atoms with E-state index in [0.717, 1.165) is 12.8 Å². The van der Waals surface area contributed by atoms with Crippen LogP contribution in [-0.2, 0) is 9.53 Å². The molecule has 70 valence electrons. The molecule has 1 rings (SSSR count). The van der Waals surface area contributed by atoms with Gasteiger partial charge in [0, 0.05) is 5.33 Å². The molecule has 1 aliphatic rings. The van der Waals surface area contributed by atoms with Gasteiger partial charge in [0.2, 0.25) is 0 Å². The predicted molar refractivity (Wildman–Crippen MR) is 51.4 cm³/mol. The summed E-state index contributed by atoms with van der Waals surface area (Å²) in [5.74, 6) is -0.0567. The molecule has 0 saturated heterocycles. The van der Waals surface area contributed by atoms with Crippen LogP contribution in [0.2, 0.25) is 0 Å². The second-order valence-corrected chi connectivity index (χ2v) is 3.98. The number of alkyl halides is 1. The number of hydrogen-bond donors (Lipinski definition) is 0. The van der Waals surface area contributed by atoms with Gasteiger partial charge in [-0.3, -0.25) is 4.79 Å². The average molecular weight is 235 g/mol. The van der Waals surface area contributed by atoms with Crippen molar-refractivity contribution in [3.8, 4) is 0 Å². The zero-order valence-corrected chi connectivity index (χ0v) is 8.81. The second kappa shape index (κ2) is 5.57. The Labute approximate surface area is 81.8 Å². The number of halogens is 1. The van der Waals surface area contributed by atoms with Crippen molar-refractivity contribution in [3.63, 3.8) is 0 Å². The van der Waals surface area contributed by atoms with Crippen LogP contribution in [0.3, 0.4) is 0 Å². The van der Waals surface area contributed by atoms with E-state index < -0.39 is 0 Å². The van der Waals surface area contributed by atoms with E-state index >= 15 is 0 Å². The molecule has 0 bridgehead atoms. The molecule has 0 atom stereocenters. The number of carbonyl (C=O) groups excluding carboxylic acids is 1. The molecule has 0 aromatic carbocycles. The van der Waals surface area contributed by atoms with Crippen LogP contribution < -0.4 is 0 Å². The first-order chi connectivity index (χ1) is 5.83. The van der Waals surface area contributed by atoms with Gasteiger partial charge in [-0.25, -0.2) is 0 Å². The topological polar surface area (TPSA) is 26.3 Å². The van der Waals surface area contributed by atoms with Crippen LogP contribution in [0.5, 0.6) is 0 Å². The van der Waals surface area contributed by atoms with Crippen LogP contribution >= 0.6 is 15.9 Å². The van der Waals surface area contributed by atoms with E-state index in [0.29, 0.717) is 11.8 Å². The van der Waals surface area contributed by atoms with E-state index in [4.69, 9.17) is 4.74 Å². The number of hydrogen-bond acceptors (Lipinski definition) is 2. The standard InChI is InChI=1S/C9H15BrO2/c10-7-6-9(11)12-8-4-2-1-3-5-8/h8H,1-7H2. The first-order valence-electron chi connectivity index (χ1n) is 4.58. The molecule has 0 heterocycles. The van der Waals surface area contributed by atoms with Gasteiger partial charge < -0.3 is 4.74 Å². The summed E-state index contributed by atoms with van der Waals surface area (Å²) in [7, 11) is 0. The molecule has 1 fully saturated rings. The van der Waals surface area contributed by atoms with E-state index in [9.17, 15) is 4.79 Å². The van der Waals surface area contributed by atoms with E-state index in [1.807, 2.05) is 0 Å². The van der Waals surface area contributed by atoms with Gasteiger partial charge in [0.25, 0.3) is 0 Å². The number of rotatable bonds is 3. The molecular weight excluding hydrogens is 220 g/mol. The Kier molecular flexibility index (Phi) is 4.66. The average Bonchev–Trinajstić information content (AvgIpc) is 2.06. The second-order valence-electron chi connectivity index (χ2n) is 3.19. The molecule has 2 nitrogen and oxygen atoms in total. The molecular formula is C9H15BrO2. The Morgan fingerprint density at radius 3 is 2.58 bits per heavy atom. The molecule has 12 heavy (non-hydrogen) atoms. The van der Waals surface area contributed by atoms with Crippen LogP contribution in [0.25, 0.3) is 0 Å². The maximum Gasteiger partial charge on any atom is 0.306 e. The minimum absolute atomic E-state index is 0.0567. The largest absolute Gasteiger partial charge is 0.462 e. The maximum absolute atomic E-state index is 11.1. The molecule has 0 amide bonds. The molecule has 0 unspecified atom stereocenters. The van der Waals surface area contributed by atoms with Gasteiger partial charge in [0.1, 0.15) is 6.10 Å². The zero-order valence-electron chi connectivity index (χ0n) is 7.22. The third kappa shape index (κ3) is 3.57. The SMILES string of the molecule is O=C(CCBr)OC1CCCCC1. The smallest absolute Gasteiger partial charge is 0.306 e. The van der Waals surface area contributed by atoms with Gasteiger partial charge in [-0.1, -0.05) is 22.4 Å². The molecule has 0 aromatic heterocycles. The third-order valence-electron chi connectivity index (χ3n) is 2.15. The van der Waals surface area contributed by atoms with E-state index in [-0.39, 0.29) is 12.1 Å². The van der Waals surface area contributed by atoms with E-state index in [1.165, 1.54) is 19.3 Å². The highest BCUT2D eigenvalue weighted by molar-refractivity contribution is 9.09. The normalized spacial score (nSPS) is 19.1. The van der Waals surface area contributed by atoms with Crippen molar-refractivity contribution < 1.29 is 9.53 Å². The molecule has 0 aromatic rings. The van der Waals surface area contributed by atoms with Gasteiger partial charge in [0.05, 0.1) is 6.42 Å². The summed E-state index contributed by atoms with van der Waals surface area (Å²) < 4.78 is 5.26. The molecule has 1 aliphatic carbocycles. The Morgan fingerprint density at radius 1 is 1.33 bits per heavy atom. The Bertz CT molecular complexity index is 141. The molecule has 3 heteroatoms. The number of ether oxygens (including phenoxy) is 1. The summed E-state index contributed by atoms with van der Waals surface area (Å²) in [5.41, 5.74) is 0. The van der Waals surface area contributed by atoms with Crippen LogP contribution in [0.15, 0.2) is 0 Å². The van der Waals surface area contributed by atoms with Crippen molar-refractivity contribution in [3.05, 3.63) is 0 Å². The van der Waals surface area contributed by atoms with Crippen molar-refractivity contribution in [2.45, 2.75) is 44.6 Å². The van der Waals surface area contributed by atoms with Crippen molar-refractivity contribution in [2.75, 3.05) is 5.33 Å². The highest BCUT2D eigenvalue weighted by Crippen LogP contribution is 2.20. The summed E-state index contributed by atoms with van der Waals surface area (Å²) in [6.45, 7) is 0. The predicted octanol–water partition coefficient (Wildman–Crippen LogP) is 2.65. The quantitative estimate of drug-likeness (QED) is 0.555. The van der Waals surface area contributed by atoms with Gasteiger partial charge in [-0.2, -0.15) is 0 Å². The number of carbonyl (C=O) groups is 1. The Balaban J connectivity index is 2.15. The summed E-state index contributed by atoms with van der Waals surface area (Å²) in [4.78, 5) is 11.1. The molecule has 1 saturated carbocycles. The van der Waals surface area contributed by atoms with Gasteiger partial charge in [0.15, 0.2) is 0 Å². The highest BCUT2D eigenvalue weighted by atomic mass is 79.9. The summed E-state index contributed by atoms with van der Waals surface area (Å²) in [6.07, 6.45) is 6.56. The Hall–Kier alpha value is -0.0500. The van der Waals surface area contributed by atoms with E-state index in [2.05, 4.69) is 15.9 Å².